The van der Waals surface area contributed by atoms with Crippen LogP contribution < -0.4 is 5.43 Å². The second-order valence-corrected chi connectivity index (χ2v) is 8.08. The number of non-ortho nitro benzene ring substituents is 1. The first-order valence-corrected chi connectivity index (χ1v) is 10.5. The monoisotopic (exact) mass is 428 g/mol. The highest BCUT2D eigenvalue weighted by molar-refractivity contribution is 7.19. The quantitative estimate of drug-likeness (QED) is 0.217. The molecule has 0 fully saturated rings. The molecule has 1 N–H and O–H groups in total. The lowest BCUT2D eigenvalue weighted by Crippen LogP contribution is -1.92. The minimum Gasteiger partial charge on any atom is -0.258 e. The molecule has 0 saturated heterocycles. The highest BCUT2D eigenvalue weighted by atomic mass is 32.1. The number of thiazole rings is 1. The Balaban J connectivity index is 1.66. The van der Waals surface area contributed by atoms with Crippen molar-refractivity contribution in [1.29, 1.82) is 0 Å². The van der Waals surface area contributed by atoms with E-state index in [4.69, 9.17) is 4.98 Å². The number of nitro groups is 1. The molecular weight excluding hydrogens is 408 g/mol. The third-order valence-corrected chi connectivity index (χ3v) is 5.91. The van der Waals surface area contributed by atoms with Crippen LogP contribution in [0.5, 0.6) is 0 Å². The summed E-state index contributed by atoms with van der Waals surface area (Å²) in [6.07, 6.45) is 1.55. The molecule has 0 spiro atoms. The molecule has 0 aliphatic carbocycles. The van der Waals surface area contributed by atoms with Crippen LogP contribution in [0.3, 0.4) is 0 Å². The van der Waals surface area contributed by atoms with E-state index in [1.54, 1.807) is 18.3 Å². The number of aromatic nitrogens is 1. The van der Waals surface area contributed by atoms with Gasteiger partial charge >= 0.3 is 0 Å². The Morgan fingerprint density at radius 2 is 1.77 bits per heavy atom. The van der Waals surface area contributed by atoms with Gasteiger partial charge in [-0.1, -0.05) is 65.9 Å². The molecule has 7 heteroatoms. The maximum absolute atomic E-state index is 10.9. The van der Waals surface area contributed by atoms with Crippen LogP contribution in [-0.4, -0.2) is 16.1 Å². The van der Waals surface area contributed by atoms with Crippen molar-refractivity contribution >= 4 is 28.4 Å². The van der Waals surface area contributed by atoms with Crippen LogP contribution in [0.2, 0.25) is 0 Å². The molecule has 4 rings (SSSR count). The molecule has 0 aliphatic heterocycles. The van der Waals surface area contributed by atoms with E-state index < -0.39 is 4.92 Å². The van der Waals surface area contributed by atoms with Crippen LogP contribution >= 0.6 is 11.3 Å². The summed E-state index contributed by atoms with van der Waals surface area (Å²) in [4.78, 5) is 16.4. The molecule has 1 aromatic heterocycles. The Morgan fingerprint density at radius 3 is 2.52 bits per heavy atom. The van der Waals surface area contributed by atoms with Crippen molar-refractivity contribution in [3.8, 4) is 21.7 Å². The largest absolute Gasteiger partial charge is 0.270 e. The van der Waals surface area contributed by atoms with Crippen LogP contribution in [0, 0.1) is 24.0 Å². The molecule has 1 heterocycles. The predicted molar refractivity (Wildman–Crippen MR) is 127 cm³/mol. The van der Waals surface area contributed by atoms with Gasteiger partial charge in [0.05, 0.1) is 21.7 Å². The van der Waals surface area contributed by atoms with Crippen molar-refractivity contribution in [2.24, 2.45) is 5.10 Å². The van der Waals surface area contributed by atoms with E-state index in [1.807, 2.05) is 18.2 Å². The minimum absolute atomic E-state index is 0.0292. The topological polar surface area (TPSA) is 80.4 Å². The maximum Gasteiger partial charge on any atom is 0.270 e. The number of aryl methyl sites for hydroxylation is 2. The van der Waals surface area contributed by atoms with Gasteiger partial charge in [0.25, 0.3) is 5.69 Å². The first kappa shape index (κ1) is 20.4. The summed E-state index contributed by atoms with van der Waals surface area (Å²) in [5.74, 6) is 0. The zero-order chi connectivity index (χ0) is 21.8. The molecule has 0 aliphatic rings. The molecule has 3 aromatic carbocycles. The smallest absolute Gasteiger partial charge is 0.258 e. The Morgan fingerprint density at radius 1 is 0.968 bits per heavy atom. The van der Waals surface area contributed by atoms with E-state index in [0.717, 1.165) is 21.7 Å². The number of rotatable bonds is 6. The molecule has 0 amide bonds. The molecule has 0 unspecified atom stereocenters. The van der Waals surface area contributed by atoms with Crippen LogP contribution in [0.25, 0.3) is 21.7 Å². The van der Waals surface area contributed by atoms with Crippen molar-refractivity contribution in [3.05, 3.63) is 99.6 Å². The number of anilines is 1. The minimum atomic E-state index is -0.423. The number of nitrogens with zero attached hydrogens (tertiary/aromatic N) is 3. The summed E-state index contributed by atoms with van der Waals surface area (Å²) < 4.78 is 0. The summed E-state index contributed by atoms with van der Waals surface area (Å²) in [5, 5.41) is 15.8. The van der Waals surface area contributed by atoms with Crippen molar-refractivity contribution in [2.45, 2.75) is 13.8 Å². The van der Waals surface area contributed by atoms with E-state index in [9.17, 15) is 10.1 Å². The van der Waals surface area contributed by atoms with Gasteiger partial charge in [0, 0.05) is 23.3 Å². The van der Waals surface area contributed by atoms with Crippen LogP contribution in [0.1, 0.15) is 16.7 Å². The molecule has 0 saturated carbocycles. The Labute approximate surface area is 184 Å². The van der Waals surface area contributed by atoms with E-state index in [0.29, 0.717) is 10.7 Å². The standard InChI is InChI=1S/C24H20N4O2S/c1-16-11-12-20(13-17(16)2)22-23(19-8-4-3-5-9-19)31-24(26-22)27-25-15-18-7-6-10-21(14-18)28(29)30/h3-15H,1-2H3,(H,26,27)/b25-15-. The van der Waals surface area contributed by atoms with E-state index in [-0.39, 0.29) is 5.69 Å². The summed E-state index contributed by atoms with van der Waals surface area (Å²) in [6.45, 7) is 4.18. The summed E-state index contributed by atoms with van der Waals surface area (Å²) >= 11 is 1.52. The Bertz CT molecular complexity index is 1270. The summed E-state index contributed by atoms with van der Waals surface area (Å²) in [5.41, 5.74) is 9.12. The van der Waals surface area contributed by atoms with Crippen LogP contribution in [-0.2, 0) is 0 Å². The van der Waals surface area contributed by atoms with Gasteiger partial charge in [0.15, 0.2) is 0 Å². The van der Waals surface area contributed by atoms with Crippen LogP contribution in [0.15, 0.2) is 77.9 Å². The second kappa shape index (κ2) is 8.89. The van der Waals surface area contributed by atoms with Crippen molar-refractivity contribution < 1.29 is 4.92 Å². The Kier molecular flexibility index (Phi) is 5.86. The SMILES string of the molecule is Cc1ccc(-c2nc(N/N=C\c3cccc([N+](=O)[O-])c3)sc2-c2ccccc2)cc1C. The average Bonchev–Trinajstić information content (AvgIpc) is 3.21. The first-order valence-electron chi connectivity index (χ1n) is 9.68. The summed E-state index contributed by atoms with van der Waals surface area (Å²) in [7, 11) is 0. The highest BCUT2D eigenvalue weighted by Gasteiger charge is 2.15. The van der Waals surface area contributed by atoms with Gasteiger partial charge in [-0.2, -0.15) is 5.10 Å². The fourth-order valence-corrected chi connectivity index (χ4v) is 4.06. The third-order valence-electron chi connectivity index (χ3n) is 4.90. The van der Waals surface area contributed by atoms with Gasteiger partial charge in [-0.05, 0) is 36.6 Å². The molecule has 4 aromatic rings. The number of hydrazone groups is 1. The van der Waals surface area contributed by atoms with Crippen LogP contribution in [0.4, 0.5) is 10.8 Å². The van der Waals surface area contributed by atoms with Crippen molar-refractivity contribution in [3.63, 3.8) is 0 Å². The van der Waals surface area contributed by atoms with Gasteiger partial charge in [-0.3, -0.25) is 15.5 Å². The Hall–Kier alpha value is -3.84. The molecule has 6 nitrogen and oxygen atoms in total. The second-order valence-electron chi connectivity index (χ2n) is 7.08. The molecule has 0 radical (unpaired) electrons. The van der Waals surface area contributed by atoms with Gasteiger partial charge in [0.2, 0.25) is 5.13 Å². The van der Waals surface area contributed by atoms with Gasteiger partial charge in [-0.15, -0.1) is 0 Å². The van der Waals surface area contributed by atoms with Crippen molar-refractivity contribution in [2.75, 3.05) is 5.43 Å². The predicted octanol–water partition coefficient (Wildman–Crippen LogP) is 6.45. The molecule has 31 heavy (non-hydrogen) atoms. The normalized spacial score (nSPS) is 11.0. The van der Waals surface area contributed by atoms with E-state index >= 15 is 0 Å². The third kappa shape index (κ3) is 4.67. The number of benzene rings is 3. The zero-order valence-corrected chi connectivity index (χ0v) is 17.9. The molecule has 0 bridgehead atoms. The summed E-state index contributed by atoms with van der Waals surface area (Å²) in [6, 6.07) is 22.8. The fourth-order valence-electron chi connectivity index (χ4n) is 3.12. The van der Waals surface area contributed by atoms with Gasteiger partial charge in [0.1, 0.15) is 0 Å². The van der Waals surface area contributed by atoms with Crippen molar-refractivity contribution in [1.82, 2.24) is 4.98 Å². The lowest BCUT2D eigenvalue weighted by molar-refractivity contribution is -0.384. The fraction of sp³-hybridized carbons (Fsp3) is 0.0833. The van der Waals surface area contributed by atoms with Gasteiger partial charge < -0.3 is 0 Å². The van der Waals surface area contributed by atoms with E-state index in [1.165, 1.54) is 34.6 Å². The molecule has 0 atom stereocenters. The average molecular weight is 429 g/mol. The number of hydrogen-bond acceptors (Lipinski definition) is 6. The lowest BCUT2D eigenvalue weighted by Gasteiger charge is -2.05. The number of hydrogen-bond donors (Lipinski definition) is 1. The molecule has 154 valence electrons. The lowest BCUT2D eigenvalue weighted by atomic mass is 10.0. The zero-order valence-electron chi connectivity index (χ0n) is 17.1. The van der Waals surface area contributed by atoms with E-state index in [2.05, 4.69) is 54.7 Å². The number of nitro benzene ring substituents is 1. The highest BCUT2D eigenvalue weighted by Crippen LogP contribution is 2.39. The molecular formula is C24H20N4O2S. The number of nitrogens with one attached hydrogen (secondary N) is 1. The maximum atomic E-state index is 10.9. The first-order chi connectivity index (χ1) is 15.0. The van der Waals surface area contributed by atoms with Gasteiger partial charge in [-0.25, -0.2) is 4.98 Å².